The molecule has 4 rings (SSSR count). The first-order valence-corrected chi connectivity index (χ1v) is 13.9. The van der Waals surface area contributed by atoms with Crippen molar-refractivity contribution in [2.24, 2.45) is 0 Å². The van der Waals surface area contributed by atoms with E-state index in [1.807, 2.05) is 48.5 Å². The van der Waals surface area contributed by atoms with Crippen LogP contribution in [0.3, 0.4) is 0 Å². The van der Waals surface area contributed by atoms with Crippen LogP contribution in [0.1, 0.15) is 29.9 Å². The number of hydrogen-bond donors (Lipinski definition) is 1. The molecule has 0 saturated carbocycles. The van der Waals surface area contributed by atoms with Gasteiger partial charge in [-0.05, 0) is 73.0 Å². The Morgan fingerprint density at radius 1 is 0.846 bits per heavy atom. The van der Waals surface area contributed by atoms with E-state index in [0.29, 0.717) is 12.3 Å². The zero-order valence-electron chi connectivity index (χ0n) is 22.2. The number of methoxy groups -OCH3 is 1. The molecule has 3 aromatic rings. The van der Waals surface area contributed by atoms with Gasteiger partial charge in [0.25, 0.3) is 0 Å². The zero-order chi connectivity index (χ0) is 26.0. The normalized spacial score (nSPS) is 14.9. The second kappa shape index (κ2) is 17.1. The van der Waals surface area contributed by atoms with Gasteiger partial charge in [0.1, 0.15) is 17.4 Å². The maximum atomic E-state index is 13.5. The molecule has 1 fully saturated rings. The van der Waals surface area contributed by atoms with Gasteiger partial charge < -0.3 is 14.7 Å². The Morgan fingerprint density at radius 2 is 1.41 bits per heavy atom. The zero-order valence-corrected chi connectivity index (χ0v) is 24.6. The number of aliphatic hydroxyl groups is 1. The molecule has 39 heavy (non-hydrogen) atoms. The summed E-state index contributed by atoms with van der Waals surface area (Å²) in [6, 6.07) is 21.2. The van der Waals surface area contributed by atoms with Gasteiger partial charge in [-0.3, -0.25) is 4.90 Å². The second-order valence-corrected chi connectivity index (χ2v) is 10.7. The predicted octanol–water partition coefficient (Wildman–Crippen LogP) is 6.50. The fraction of sp³-hybridized carbons (Fsp3) is 0.400. The van der Waals surface area contributed by atoms with Crippen molar-refractivity contribution >= 4 is 36.6 Å². The topological polar surface area (TPSA) is 35.9 Å². The molecule has 1 aliphatic heterocycles. The lowest BCUT2D eigenvalue weighted by molar-refractivity contribution is 0.0819. The lowest BCUT2D eigenvalue weighted by Crippen LogP contribution is -2.49. The molecule has 1 unspecified atom stereocenters. The van der Waals surface area contributed by atoms with E-state index in [4.69, 9.17) is 4.74 Å². The maximum absolute atomic E-state index is 13.5. The summed E-state index contributed by atoms with van der Waals surface area (Å²) in [7, 11) is 1.66. The SMILES string of the molecule is COc1cccc(SCC(O)CN2CCN(CCCC(c3ccc(F)cc3)c3ccc(F)cc3)CC2)c1.Cl.Cl. The maximum Gasteiger partial charge on any atom is 0.123 e. The highest BCUT2D eigenvalue weighted by Crippen LogP contribution is 2.30. The smallest absolute Gasteiger partial charge is 0.123 e. The van der Waals surface area contributed by atoms with Crippen molar-refractivity contribution in [2.45, 2.75) is 29.8 Å². The van der Waals surface area contributed by atoms with Gasteiger partial charge in [0, 0.05) is 49.3 Å². The van der Waals surface area contributed by atoms with E-state index in [0.717, 1.165) is 67.3 Å². The highest BCUT2D eigenvalue weighted by Gasteiger charge is 2.20. The van der Waals surface area contributed by atoms with E-state index in [1.54, 1.807) is 18.9 Å². The number of hydrogen-bond acceptors (Lipinski definition) is 5. The number of aliphatic hydroxyl groups excluding tert-OH is 1. The second-order valence-electron chi connectivity index (χ2n) is 9.58. The average molecular weight is 600 g/mol. The summed E-state index contributed by atoms with van der Waals surface area (Å²) in [5.41, 5.74) is 2.11. The molecule has 0 aliphatic carbocycles. The van der Waals surface area contributed by atoms with Crippen LogP contribution in [0.15, 0.2) is 77.7 Å². The monoisotopic (exact) mass is 598 g/mol. The van der Waals surface area contributed by atoms with Crippen LogP contribution < -0.4 is 4.74 Å². The van der Waals surface area contributed by atoms with Gasteiger partial charge in [-0.1, -0.05) is 30.3 Å². The van der Waals surface area contributed by atoms with Gasteiger partial charge in [-0.2, -0.15) is 0 Å². The number of benzene rings is 3. The summed E-state index contributed by atoms with van der Waals surface area (Å²) in [4.78, 5) is 5.91. The van der Waals surface area contributed by atoms with E-state index in [2.05, 4.69) is 9.80 Å². The summed E-state index contributed by atoms with van der Waals surface area (Å²) in [6.07, 6.45) is 1.53. The van der Waals surface area contributed by atoms with Crippen LogP contribution in [0.2, 0.25) is 0 Å². The van der Waals surface area contributed by atoms with Crippen LogP contribution in [0, 0.1) is 11.6 Å². The number of β-amino-alcohol motifs (C(OH)–C–C–N with tert-alkyl or cyclic N) is 1. The predicted molar refractivity (Wildman–Crippen MR) is 161 cm³/mol. The van der Waals surface area contributed by atoms with Crippen molar-refractivity contribution in [2.75, 3.05) is 52.1 Å². The molecule has 1 aliphatic rings. The minimum atomic E-state index is -0.380. The molecule has 214 valence electrons. The van der Waals surface area contributed by atoms with Crippen LogP contribution in [-0.2, 0) is 0 Å². The highest BCUT2D eigenvalue weighted by atomic mass is 35.5. The minimum Gasteiger partial charge on any atom is -0.497 e. The highest BCUT2D eigenvalue weighted by molar-refractivity contribution is 7.99. The first kappa shape index (κ1) is 33.3. The third-order valence-corrected chi connectivity index (χ3v) is 8.07. The summed E-state index contributed by atoms with van der Waals surface area (Å²) in [5, 5.41) is 10.6. The number of halogens is 4. The fourth-order valence-corrected chi connectivity index (χ4v) is 5.73. The van der Waals surface area contributed by atoms with E-state index < -0.39 is 0 Å². The van der Waals surface area contributed by atoms with Crippen molar-refractivity contribution in [1.82, 2.24) is 9.80 Å². The molecule has 0 amide bonds. The Kier molecular flexibility index (Phi) is 14.6. The Bertz CT molecular complexity index is 1060. The molecule has 1 N–H and O–H groups in total. The van der Waals surface area contributed by atoms with Gasteiger partial charge in [-0.25, -0.2) is 8.78 Å². The fourth-order valence-electron chi connectivity index (χ4n) is 4.86. The third kappa shape index (κ3) is 10.6. The largest absolute Gasteiger partial charge is 0.497 e. The van der Waals surface area contributed by atoms with Gasteiger partial charge >= 0.3 is 0 Å². The molecule has 0 spiro atoms. The Balaban J connectivity index is 0.00000267. The molecular weight excluding hydrogens is 561 g/mol. The quantitative estimate of drug-likeness (QED) is 0.241. The van der Waals surface area contributed by atoms with Crippen molar-refractivity contribution in [3.05, 3.63) is 95.6 Å². The molecule has 9 heteroatoms. The summed E-state index contributed by atoms with van der Waals surface area (Å²) in [6.45, 7) is 5.52. The Morgan fingerprint density at radius 3 is 1.97 bits per heavy atom. The minimum absolute atomic E-state index is 0. The molecule has 3 aromatic carbocycles. The first-order valence-electron chi connectivity index (χ1n) is 12.9. The van der Waals surface area contributed by atoms with Crippen LogP contribution in [0.5, 0.6) is 5.75 Å². The molecular formula is C30H38Cl2F2N2O2S. The van der Waals surface area contributed by atoms with E-state index in [1.165, 1.54) is 24.3 Å². The molecule has 1 heterocycles. The third-order valence-electron chi connectivity index (χ3n) is 6.93. The standard InChI is InChI=1S/C30H36F2N2O2S.2ClH/c1-36-28-4-2-5-29(20-28)37-22-27(35)21-34-18-16-33(17-19-34)15-3-6-30(23-7-11-25(31)12-8-23)24-9-13-26(32)14-10-24;;/h2,4-5,7-14,20,27,30,35H,3,6,15-19,21-22H2,1H3;2*1H. The molecule has 0 radical (unpaired) electrons. The summed E-state index contributed by atoms with van der Waals surface area (Å²) >= 11 is 1.65. The first-order chi connectivity index (χ1) is 18.0. The molecule has 0 aromatic heterocycles. The molecule has 1 atom stereocenters. The van der Waals surface area contributed by atoms with Crippen LogP contribution in [0.25, 0.3) is 0 Å². The van der Waals surface area contributed by atoms with Gasteiger partial charge in [0.05, 0.1) is 13.2 Å². The average Bonchev–Trinajstić information content (AvgIpc) is 2.92. The number of nitrogens with zero attached hydrogens (tertiary/aromatic N) is 2. The van der Waals surface area contributed by atoms with Gasteiger partial charge in [0.2, 0.25) is 0 Å². The van der Waals surface area contributed by atoms with Crippen molar-refractivity contribution in [3.63, 3.8) is 0 Å². The Labute approximate surface area is 247 Å². The number of piperazine rings is 1. The van der Waals surface area contributed by atoms with Crippen molar-refractivity contribution in [1.29, 1.82) is 0 Å². The summed E-state index contributed by atoms with van der Waals surface area (Å²) < 4.78 is 32.2. The summed E-state index contributed by atoms with van der Waals surface area (Å²) in [5.74, 6) is 1.10. The van der Waals surface area contributed by atoms with E-state index >= 15 is 0 Å². The molecule has 4 nitrogen and oxygen atoms in total. The van der Waals surface area contributed by atoms with Crippen LogP contribution >= 0.6 is 36.6 Å². The van der Waals surface area contributed by atoms with Gasteiger partial charge in [0.15, 0.2) is 0 Å². The number of ether oxygens (including phenoxy) is 1. The van der Waals surface area contributed by atoms with Crippen LogP contribution in [-0.4, -0.2) is 73.1 Å². The number of thioether (sulfide) groups is 1. The molecule has 1 saturated heterocycles. The lowest BCUT2D eigenvalue weighted by Gasteiger charge is -2.35. The Hall–Kier alpha value is -1.87. The molecule has 0 bridgehead atoms. The van der Waals surface area contributed by atoms with Crippen molar-refractivity contribution in [3.8, 4) is 5.75 Å². The van der Waals surface area contributed by atoms with E-state index in [-0.39, 0.29) is 48.5 Å². The van der Waals surface area contributed by atoms with Crippen molar-refractivity contribution < 1.29 is 18.6 Å². The lowest BCUT2D eigenvalue weighted by atomic mass is 9.87. The van der Waals surface area contributed by atoms with E-state index in [9.17, 15) is 13.9 Å². The number of rotatable bonds is 12. The van der Waals surface area contributed by atoms with Gasteiger partial charge in [-0.15, -0.1) is 36.6 Å². The van der Waals surface area contributed by atoms with Crippen LogP contribution in [0.4, 0.5) is 8.78 Å².